The van der Waals surface area contributed by atoms with Crippen LogP contribution in [0, 0.1) is 47.0 Å². The molecule has 4 fully saturated rings. The number of benzene rings is 1. The molecule has 0 radical (unpaired) electrons. The molecule has 0 spiro atoms. The lowest BCUT2D eigenvalue weighted by atomic mass is 9.50. The third kappa shape index (κ3) is 2.10. The molecular weight excluding hydrogens is 277 g/mol. The maximum absolute atomic E-state index is 13.9. The van der Waals surface area contributed by atoms with E-state index in [4.69, 9.17) is 0 Å². The van der Waals surface area contributed by atoms with Gasteiger partial charge >= 0.3 is 0 Å². The maximum atomic E-state index is 13.9. The summed E-state index contributed by atoms with van der Waals surface area (Å²) in [6.45, 7) is 0. The molecular formula is C17H19F3O. The molecule has 0 aromatic heterocycles. The van der Waals surface area contributed by atoms with Gasteiger partial charge in [-0.1, -0.05) is 0 Å². The predicted octanol–water partition coefficient (Wildman–Crippen LogP) is 4.21. The third-order valence-electron chi connectivity index (χ3n) is 6.00. The van der Waals surface area contributed by atoms with Crippen LogP contribution in [0.5, 0.6) is 0 Å². The molecule has 4 heteroatoms. The lowest BCUT2D eigenvalue weighted by Crippen LogP contribution is -2.47. The summed E-state index contributed by atoms with van der Waals surface area (Å²) in [4.78, 5) is 0. The molecule has 21 heavy (non-hydrogen) atoms. The van der Waals surface area contributed by atoms with Gasteiger partial charge in [-0.15, -0.1) is 0 Å². The molecule has 0 aliphatic heterocycles. The van der Waals surface area contributed by atoms with E-state index in [-0.39, 0.29) is 11.5 Å². The van der Waals surface area contributed by atoms with Crippen LogP contribution in [0.2, 0.25) is 0 Å². The first-order valence-corrected chi connectivity index (χ1v) is 7.85. The summed E-state index contributed by atoms with van der Waals surface area (Å²) in [5.41, 5.74) is -0.339. The zero-order valence-electron chi connectivity index (χ0n) is 11.7. The molecule has 5 rings (SSSR count). The molecule has 4 aliphatic rings. The van der Waals surface area contributed by atoms with E-state index in [2.05, 4.69) is 0 Å². The van der Waals surface area contributed by atoms with Crippen LogP contribution in [-0.4, -0.2) is 5.11 Å². The summed E-state index contributed by atoms with van der Waals surface area (Å²) >= 11 is 0. The van der Waals surface area contributed by atoms with E-state index in [9.17, 15) is 18.3 Å². The summed E-state index contributed by atoms with van der Waals surface area (Å²) in [6, 6.07) is 1.33. The van der Waals surface area contributed by atoms with Crippen molar-refractivity contribution in [2.45, 2.75) is 38.2 Å². The lowest BCUT2D eigenvalue weighted by molar-refractivity contribution is -0.0924. The Morgan fingerprint density at radius 2 is 1.33 bits per heavy atom. The molecule has 0 saturated heterocycles. The van der Waals surface area contributed by atoms with Crippen molar-refractivity contribution in [1.82, 2.24) is 0 Å². The number of aliphatic hydroxyl groups is 1. The summed E-state index contributed by atoms with van der Waals surface area (Å²) < 4.78 is 40.9. The molecule has 1 aromatic carbocycles. The summed E-state index contributed by atoms with van der Waals surface area (Å²) in [5, 5.41) is 10.6. The Kier molecular flexibility index (Phi) is 3.07. The van der Waals surface area contributed by atoms with Gasteiger partial charge < -0.3 is 5.11 Å². The van der Waals surface area contributed by atoms with Crippen LogP contribution in [0.15, 0.2) is 12.1 Å². The Morgan fingerprint density at radius 1 is 0.857 bits per heavy atom. The molecule has 4 aliphatic carbocycles. The first-order chi connectivity index (χ1) is 10.0. The molecule has 4 saturated carbocycles. The van der Waals surface area contributed by atoms with Gasteiger partial charge in [0.25, 0.3) is 0 Å². The summed E-state index contributed by atoms with van der Waals surface area (Å²) in [6.07, 6.45) is 4.41. The van der Waals surface area contributed by atoms with Gasteiger partial charge in [0.1, 0.15) is 17.5 Å². The van der Waals surface area contributed by atoms with Crippen LogP contribution in [0.4, 0.5) is 13.2 Å². The Labute approximate surface area is 122 Å². The molecule has 1 aromatic rings. The van der Waals surface area contributed by atoms with Gasteiger partial charge in [-0.05, 0) is 61.7 Å². The molecule has 0 heterocycles. The molecule has 114 valence electrons. The van der Waals surface area contributed by atoms with Gasteiger partial charge in [0.05, 0.1) is 11.7 Å². The van der Waals surface area contributed by atoms with Crippen molar-refractivity contribution in [3.63, 3.8) is 0 Å². The van der Waals surface area contributed by atoms with Crippen LogP contribution in [-0.2, 0) is 0 Å². The average Bonchev–Trinajstić information content (AvgIpc) is 2.35. The zero-order chi connectivity index (χ0) is 14.7. The lowest BCUT2D eigenvalue weighted by Gasteiger charge is -2.55. The smallest absolute Gasteiger partial charge is 0.134 e. The number of hydrogen-bond donors (Lipinski definition) is 1. The fourth-order valence-corrected chi connectivity index (χ4v) is 5.51. The minimum atomic E-state index is -1.15. The van der Waals surface area contributed by atoms with Gasteiger partial charge in [0, 0.05) is 12.1 Å². The highest BCUT2D eigenvalue weighted by molar-refractivity contribution is 5.24. The van der Waals surface area contributed by atoms with Crippen LogP contribution < -0.4 is 0 Å². The van der Waals surface area contributed by atoms with Crippen molar-refractivity contribution >= 4 is 0 Å². The average molecular weight is 296 g/mol. The van der Waals surface area contributed by atoms with E-state index >= 15 is 0 Å². The standard InChI is InChI=1S/C17H19F3O/c18-12-6-13(19)16(14(20)7-12)17(21)15-10-2-8-1-9(4-10)5-11(15)3-8/h6-11,15,17,21H,1-5H2. The Morgan fingerprint density at radius 3 is 1.81 bits per heavy atom. The number of halogens is 3. The van der Waals surface area contributed by atoms with Crippen molar-refractivity contribution in [2.75, 3.05) is 0 Å². The number of rotatable bonds is 2. The van der Waals surface area contributed by atoms with Crippen LogP contribution >= 0.6 is 0 Å². The molecule has 1 N–H and O–H groups in total. The first-order valence-electron chi connectivity index (χ1n) is 7.85. The van der Waals surface area contributed by atoms with Crippen LogP contribution in [0.1, 0.15) is 43.8 Å². The van der Waals surface area contributed by atoms with E-state index < -0.39 is 23.6 Å². The van der Waals surface area contributed by atoms with Gasteiger partial charge in [-0.3, -0.25) is 0 Å². The number of hydrogen-bond acceptors (Lipinski definition) is 1. The first kappa shape index (κ1) is 13.6. The van der Waals surface area contributed by atoms with Crippen molar-refractivity contribution in [1.29, 1.82) is 0 Å². The number of aliphatic hydroxyl groups excluding tert-OH is 1. The van der Waals surface area contributed by atoms with E-state index in [1.165, 1.54) is 6.42 Å². The van der Waals surface area contributed by atoms with Crippen molar-refractivity contribution in [3.8, 4) is 0 Å². The highest BCUT2D eigenvalue weighted by atomic mass is 19.1. The largest absolute Gasteiger partial charge is 0.388 e. The fraction of sp³-hybridized carbons (Fsp3) is 0.647. The molecule has 0 amide bonds. The Balaban J connectivity index is 1.68. The topological polar surface area (TPSA) is 20.2 Å². The fourth-order valence-electron chi connectivity index (χ4n) is 5.51. The van der Waals surface area contributed by atoms with Crippen molar-refractivity contribution in [3.05, 3.63) is 35.1 Å². The normalized spacial score (nSPS) is 38.8. The quantitative estimate of drug-likeness (QED) is 0.867. The zero-order valence-corrected chi connectivity index (χ0v) is 11.7. The molecule has 1 atom stereocenters. The van der Waals surface area contributed by atoms with E-state index in [1.807, 2.05) is 0 Å². The second-order valence-corrected chi connectivity index (χ2v) is 7.24. The monoisotopic (exact) mass is 296 g/mol. The van der Waals surface area contributed by atoms with Gasteiger partial charge in [-0.25, -0.2) is 13.2 Å². The highest BCUT2D eigenvalue weighted by Gasteiger charge is 2.51. The second kappa shape index (κ2) is 4.73. The molecule has 1 nitrogen and oxygen atoms in total. The Bertz CT molecular complexity index is 520. The van der Waals surface area contributed by atoms with Crippen molar-refractivity contribution < 1.29 is 18.3 Å². The minimum absolute atomic E-state index is 0.0766. The van der Waals surface area contributed by atoms with Crippen LogP contribution in [0.3, 0.4) is 0 Å². The van der Waals surface area contributed by atoms with E-state index in [0.717, 1.165) is 37.5 Å². The van der Waals surface area contributed by atoms with E-state index in [1.54, 1.807) is 0 Å². The third-order valence-corrected chi connectivity index (χ3v) is 6.00. The highest BCUT2D eigenvalue weighted by Crippen LogP contribution is 2.59. The van der Waals surface area contributed by atoms with Gasteiger partial charge in [0.15, 0.2) is 0 Å². The van der Waals surface area contributed by atoms with Gasteiger partial charge in [-0.2, -0.15) is 0 Å². The maximum Gasteiger partial charge on any atom is 0.134 e. The molecule has 4 bridgehead atoms. The molecule has 1 unspecified atom stereocenters. The summed E-state index contributed by atoms with van der Waals surface area (Å²) in [5.74, 6) is -0.751. The van der Waals surface area contributed by atoms with E-state index in [0.29, 0.717) is 24.0 Å². The van der Waals surface area contributed by atoms with Gasteiger partial charge in [0.2, 0.25) is 0 Å². The van der Waals surface area contributed by atoms with Crippen molar-refractivity contribution in [2.24, 2.45) is 29.6 Å². The second-order valence-electron chi connectivity index (χ2n) is 7.24. The SMILES string of the molecule is OC(c1c(F)cc(F)cc1F)C1C2CC3CC(C2)CC1C3. The summed E-state index contributed by atoms with van der Waals surface area (Å²) in [7, 11) is 0. The van der Waals surface area contributed by atoms with Crippen LogP contribution in [0.25, 0.3) is 0 Å². The minimum Gasteiger partial charge on any atom is -0.388 e. The predicted molar refractivity (Wildman–Crippen MR) is 71.8 cm³/mol. The Hall–Kier alpha value is -1.03.